The molecular formula is C8H8F3NO. The molecule has 0 aliphatic rings. The number of rotatable bonds is 3. The smallest absolute Gasteiger partial charge is 0.388 e. The molecule has 0 spiro atoms. The van der Waals surface area contributed by atoms with Crippen LogP contribution in [0.4, 0.5) is 13.2 Å². The minimum absolute atomic E-state index is 0.256. The number of halogens is 3. The molecule has 0 radical (unpaired) electrons. The summed E-state index contributed by atoms with van der Waals surface area (Å²) in [6.07, 6.45) is 1.28. The second kappa shape index (κ2) is 4.11. The summed E-state index contributed by atoms with van der Waals surface area (Å²) in [5, 5.41) is 0. The summed E-state index contributed by atoms with van der Waals surface area (Å²) in [6.45, 7) is -1.22. The van der Waals surface area contributed by atoms with Crippen molar-refractivity contribution in [3.8, 4) is 5.88 Å². The first-order valence-electron chi connectivity index (χ1n) is 3.72. The summed E-state index contributed by atoms with van der Waals surface area (Å²) in [6, 6.07) is 1.17. The fourth-order valence-corrected chi connectivity index (χ4v) is 0.885. The van der Waals surface area contributed by atoms with E-state index < -0.39 is 12.4 Å². The lowest BCUT2D eigenvalue weighted by Crippen LogP contribution is -2.04. The summed E-state index contributed by atoms with van der Waals surface area (Å²) in [7, 11) is 0. The Morgan fingerprint density at radius 3 is 2.77 bits per heavy atom. The highest BCUT2D eigenvalue weighted by atomic mass is 19.3. The fraction of sp³-hybridized carbons (Fsp3) is 0.375. The largest absolute Gasteiger partial charge is 0.417 e. The van der Waals surface area contributed by atoms with Gasteiger partial charge in [-0.25, -0.2) is 9.37 Å². The van der Waals surface area contributed by atoms with E-state index >= 15 is 0 Å². The number of nitrogens with zero attached hydrogens (tertiary/aromatic N) is 1. The van der Waals surface area contributed by atoms with Gasteiger partial charge in [-0.2, -0.15) is 8.78 Å². The van der Waals surface area contributed by atoms with Gasteiger partial charge in [0, 0.05) is 6.07 Å². The van der Waals surface area contributed by atoms with Gasteiger partial charge in [-0.3, -0.25) is 0 Å². The van der Waals surface area contributed by atoms with Gasteiger partial charge in [0.05, 0.1) is 6.20 Å². The first kappa shape index (κ1) is 9.83. The molecule has 5 heteroatoms. The lowest BCUT2D eigenvalue weighted by molar-refractivity contribution is -0.0529. The molecule has 0 saturated heterocycles. The number of aromatic nitrogens is 1. The molecule has 0 unspecified atom stereocenters. The second-order valence-electron chi connectivity index (χ2n) is 2.35. The van der Waals surface area contributed by atoms with Crippen LogP contribution in [0.25, 0.3) is 0 Å². The van der Waals surface area contributed by atoms with Crippen LogP contribution in [-0.4, -0.2) is 11.6 Å². The van der Waals surface area contributed by atoms with Crippen LogP contribution < -0.4 is 4.74 Å². The zero-order chi connectivity index (χ0) is 9.84. The predicted octanol–water partition coefficient (Wildman–Crippen LogP) is 2.38. The predicted molar refractivity (Wildman–Crippen MR) is 40.2 cm³/mol. The van der Waals surface area contributed by atoms with Crippen LogP contribution in [0.5, 0.6) is 5.88 Å². The van der Waals surface area contributed by atoms with Crippen molar-refractivity contribution in [2.24, 2.45) is 0 Å². The van der Waals surface area contributed by atoms with E-state index in [1.165, 1.54) is 6.07 Å². The van der Waals surface area contributed by atoms with Gasteiger partial charge in [0.15, 0.2) is 0 Å². The molecule has 0 N–H and O–H groups in total. The van der Waals surface area contributed by atoms with Gasteiger partial charge in [-0.1, -0.05) is 6.92 Å². The first-order chi connectivity index (χ1) is 6.13. The van der Waals surface area contributed by atoms with E-state index in [4.69, 9.17) is 0 Å². The second-order valence-corrected chi connectivity index (χ2v) is 2.35. The summed E-state index contributed by atoms with van der Waals surface area (Å²) >= 11 is 0. The van der Waals surface area contributed by atoms with Crippen molar-refractivity contribution < 1.29 is 17.9 Å². The molecule has 0 bridgehead atoms. The molecule has 1 rings (SSSR count). The van der Waals surface area contributed by atoms with Gasteiger partial charge in [0.25, 0.3) is 0 Å². The first-order valence-corrected chi connectivity index (χ1v) is 3.72. The van der Waals surface area contributed by atoms with Crippen LogP contribution in [0.3, 0.4) is 0 Å². The van der Waals surface area contributed by atoms with Crippen LogP contribution in [0.2, 0.25) is 0 Å². The average molecular weight is 191 g/mol. The fourth-order valence-electron chi connectivity index (χ4n) is 0.885. The van der Waals surface area contributed by atoms with E-state index in [2.05, 4.69) is 9.72 Å². The van der Waals surface area contributed by atoms with Crippen LogP contribution in [0, 0.1) is 5.82 Å². The molecule has 13 heavy (non-hydrogen) atoms. The van der Waals surface area contributed by atoms with Gasteiger partial charge < -0.3 is 4.74 Å². The summed E-state index contributed by atoms with van der Waals surface area (Å²) in [4.78, 5) is 3.35. The molecule has 72 valence electrons. The van der Waals surface area contributed by atoms with Crippen molar-refractivity contribution in [3.05, 3.63) is 23.6 Å². The third kappa shape index (κ3) is 2.61. The summed E-state index contributed by atoms with van der Waals surface area (Å²) < 4.78 is 40.2. The van der Waals surface area contributed by atoms with Crippen LogP contribution in [-0.2, 0) is 6.42 Å². The number of alkyl halides is 2. The monoisotopic (exact) mass is 191 g/mol. The molecule has 2 nitrogen and oxygen atoms in total. The highest BCUT2D eigenvalue weighted by Crippen LogP contribution is 2.15. The number of ether oxygens (including phenoxy) is 1. The van der Waals surface area contributed by atoms with Gasteiger partial charge in [0.1, 0.15) is 5.82 Å². The highest BCUT2D eigenvalue weighted by molar-refractivity contribution is 5.21. The topological polar surface area (TPSA) is 22.1 Å². The Morgan fingerprint density at radius 2 is 2.23 bits per heavy atom. The number of aryl methyl sites for hydroxylation is 1. The molecule has 0 saturated carbocycles. The Kier molecular flexibility index (Phi) is 3.11. The van der Waals surface area contributed by atoms with Gasteiger partial charge in [0.2, 0.25) is 5.88 Å². The molecule has 0 aliphatic carbocycles. The van der Waals surface area contributed by atoms with E-state index in [9.17, 15) is 13.2 Å². The van der Waals surface area contributed by atoms with Crippen molar-refractivity contribution in [1.29, 1.82) is 0 Å². The average Bonchev–Trinajstić information content (AvgIpc) is 2.07. The minimum Gasteiger partial charge on any atom is -0.417 e. The van der Waals surface area contributed by atoms with E-state index in [1.807, 2.05) is 0 Å². The summed E-state index contributed by atoms with van der Waals surface area (Å²) in [5.41, 5.74) is 0.311. The maximum Gasteiger partial charge on any atom is 0.388 e. The maximum absolute atomic E-state index is 12.8. The van der Waals surface area contributed by atoms with Crippen LogP contribution in [0.1, 0.15) is 12.5 Å². The van der Waals surface area contributed by atoms with E-state index in [0.29, 0.717) is 12.0 Å². The van der Waals surface area contributed by atoms with Crippen molar-refractivity contribution >= 4 is 0 Å². The SMILES string of the molecule is CCc1cc(OC(F)F)ncc1F. The summed E-state index contributed by atoms with van der Waals surface area (Å²) in [5.74, 6) is -0.766. The van der Waals surface area contributed by atoms with Crippen LogP contribution in [0.15, 0.2) is 12.3 Å². The quantitative estimate of drug-likeness (QED) is 0.731. The Hall–Kier alpha value is -1.26. The van der Waals surface area contributed by atoms with Crippen molar-refractivity contribution in [2.45, 2.75) is 20.0 Å². The van der Waals surface area contributed by atoms with E-state index in [0.717, 1.165) is 6.20 Å². The number of hydrogen-bond acceptors (Lipinski definition) is 2. The Balaban J connectivity index is 2.86. The number of hydrogen-bond donors (Lipinski definition) is 0. The zero-order valence-corrected chi connectivity index (χ0v) is 6.93. The molecule has 0 aliphatic heterocycles. The van der Waals surface area contributed by atoms with E-state index in [1.54, 1.807) is 6.92 Å². The van der Waals surface area contributed by atoms with Crippen molar-refractivity contribution in [3.63, 3.8) is 0 Å². The van der Waals surface area contributed by atoms with E-state index in [-0.39, 0.29) is 5.88 Å². The minimum atomic E-state index is -2.93. The lowest BCUT2D eigenvalue weighted by Gasteiger charge is -2.04. The molecule has 1 aromatic rings. The molecule has 0 amide bonds. The third-order valence-corrected chi connectivity index (χ3v) is 1.50. The Morgan fingerprint density at radius 1 is 1.54 bits per heavy atom. The van der Waals surface area contributed by atoms with Crippen molar-refractivity contribution in [1.82, 2.24) is 4.98 Å². The molecule has 0 fully saturated rings. The lowest BCUT2D eigenvalue weighted by atomic mass is 10.2. The third-order valence-electron chi connectivity index (χ3n) is 1.50. The Bertz CT molecular complexity index is 291. The van der Waals surface area contributed by atoms with Gasteiger partial charge in [-0.05, 0) is 12.0 Å². The van der Waals surface area contributed by atoms with Gasteiger partial charge in [-0.15, -0.1) is 0 Å². The molecular weight excluding hydrogens is 183 g/mol. The standard InChI is InChI=1S/C8H8F3NO/c1-2-5-3-7(13-8(10)11)12-4-6(5)9/h3-4,8H,2H2,1H3. The maximum atomic E-state index is 12.8. The number of pyridine rings is 1. The highest BCUT2D eigenvalue weighted by Gasteiger charge is 2.08. The van der Waals surface area contributed by atoms with Gasteiger partial charge >= 0.3 is 6.61 Å². The zero-order valence-electron chi connectivity index (χ0n) is 6.93. The Labute approximate surface area is 73.4 Å². The molecule has 1 aromatic heterocycles. The normalized spacial score (nSPS) is 10.5. The molecule has 0 aromatic carbocycles. The molecule has 1 heterocycles. The molecule has 0 atom stereocenters. The van der Waals surface area contributed by atoms with Crippen molar-refractivity contribution in [2.75, 3.05) is 0 Å². The van der Waals surface area contributed by atoms with Crippen LogP contribution >= 0.6 is 0 Å².